The van der Waals surface area contributed by atoms with E-state index in [0.717, 1.165) is 39.1 Å². The van der Waals surface area contributed by atoms with Crippen LogP contribution in [0.4, 0.5) is 0 Å². The molecule has 0 aliphatic carbocycles. The van der Waals surface area contributed by atoms with E-state index in [2.05, 4.69) is 21.8 Å². The number of nitrogens with one attached hydrogen (secondary N) is 1. The van der Waals surface area contributed by atoms with Gasteiger partial charge in [-0.05, 0) is 7.05 Å². The van der Waals surface area contributed by atoms with Gasteiger partial charge in [-0.15, -0.1) is 0 Å². The maximum absolute atomic E-state index is 4.70. The molecule has 0 aromatic carbocycles. The van der Waals surface area contributed by atoms with Gasteiger partial charge in [0, 0.05) is 32.6 Å². The van der Waals surface area contributed by atoms with Crippen LogP contribution in [-0.2, 0) is 26.1 Å². The molecule has 2 aliphatic heterocycles. The molecule has 0 atom stereocenters. The number of nitrogens with zero attached hydrogens (tertiary/aromatic N) is 3. The minimum atomic E-state index is 0.941. The molecule has 1 aromatic rings. The summed E-state index contributed by atoms with van der Waals surface area (Å²) in [6.45, 7) is 5.33. The van der Waals surface area contributed by atoms with Crippen LogP contribution in [0.5, 0.6) is 0 Å². The Balaban J connectivity index is 2.05. The Morgan fingerprint density at radius 3 is 3.21 bits per heavy atom. The van der Waals surface area contributed by atoms with Crippen molar-refractivity contribution in [3.8, 4) is 0 Å². The highest BCUT2D eigenvalue weighted by Gasteiger charge is 2.23. The van der Waals surface area contributed by atoms with Gasteiger partial charge in [-0.25, -0.2) is 4.98 Å². The number of aromatic nitrogens is 2. The van der Waals surface area contributed by atoms with Crippen LogP contribution in [0.15, 0.2) is 0 Å². The molecule has 0 unspecified atom stereocenters. The van der Waals surface area contributed by atoms with E-state index in [4.69, 9.17) is 4.98 Å². The number of rotatable bonds is 0. The van der Waals surface area contributed by atoms with Gasteiger partial charge in [-0.1, -0.05) is 0 Å². The van der Waals surface area contributed by atoms with Crippen molar-refractivity contribution >= 4 is 0 Å². The summed E-state index contributed by atoms with van der Waals surface area (Å²) in [7, 11) is 2.18. The van der Waals surface area contributed by atoms with Crippen molar-refractivity contribution in [2.45, 2.75) is 26.1 Å². The van der Waals surface area contributed by atoms with E-state index in [-0.39, 0.29) is 0 Å². The Morgan fingerprint density at radius 1 is 1.36 bits per heavy atom. The normalized spacial score (nSPS) is 21.8. The van der Waals surface area contributed by atoms with Gasteiger partial charge in [0.2, 0.25) is 0 Å². The first-order chi connectivity index (χ1) is 6.84. The van der Waals surface area contributed by atoms with Crippen molar-refractivity contribution in [1.29, 1.82) is 0 Å². The van der Waals surface area contributed by atoms with Crippen LogP contribution in [0.1, 0.15) is 17.2 Å². The van der Waals surface area contributed by atoms with Crippen molar-refractivity contribution in [1.82, 2.24) is 19.8 Å². The molecular formula is C10H16N4. The number of fused-ring (bicyclic) bond motifs is 3. The first-order valence-electron chi connectivity index (χ1n) is 5.31. The quantitative estimate of drug-likeness (QED) is 0.627. The minimum absolute atomic E-state index is 0.941. The first-order valence-corrected chi connectivity index (χ1v) is 5.31. The molecule has 4 nitrogen and oxygen atoms in total. The van der Waals surface area contributed by atoms with E-state index in [1.165, 1.54) is 17.2 Å². The standard InChI is InChI=1S/C10H16N4/c1-13-4-2-8-9(7-13)14-5-3-11-6-10(14)12-8/h11H,2-7H2,1H3. The van der Waals surface area contributed by atoms with E-state index in [1.54, 1.807) is 0 Å². The maximum atomic E-state index is 4.70. The topological polar surface area (TPSA) is 33.1 Å². The second kappa shape index (κ2) is 3.07. The summed E-state index contributed by atoms with van der Waals surface area (Å²) in [6.07, 6.45) is 1.12. The molecule has 4 heteroatoms. The zero-order valence-electron chi connectivity index (χ0n) is 8.58. The third-order valence-electron chi connectivity index (χ3n) is 3.18. The van der Waals surface area contributed by atoms with E-state index in [9.17, 15) is 0 Å². The molecule has 0 radical (unpaired) electrons. The lowest BCUT2D eigenvalue weighted by molar-refractivity contribution is 0.298. The van der Waals surface area contributed by atoms with Gasteiger partial charge in [0.1, 0.15) is 5.82 Å². The van der Waals surface area contributed by atoms with E-state index >= 15 is 0 Å². The summed E-state index contributed by atoms with van der Waals surface area (Å²) in [5.74, 6) is 1.23. The third kappa shape index (κ3) is 1.18. The largest absolute Gasteiger partial charge is 0.328 e. The van der Waals surface area contributed by atoms with Gasteiger partial charge >= 0.3 is 0 Å². The average Bonchev–Trinajstić information content (AvgIpc) is 2.56. The number of hydrogen-bond donors (Lipinski definition) is 1. The average molecular weight is 192 g/mol. The summed E-state index contributed by atoms with van der Waals surface area (Å²) in [5, 5.41) is 3.36. The van der Waals surface area contributed by atoms with Crippen molar-refractivity contribution < 1.29 is 0 Å². The summed E-state index contributed by atoms with van der Waals surface area (Å²) >= 11 is 0. The lowest BCUT2D eigenvalue weighted by Crippen LogP contribution is -2.32. The van der Waals surface area contributed by atoms with Crippen molar-refractivity contribution in [2.24, 2.45) is 0 Å². The zero-order valence-corrected chi connectivity index (χ0v) is 8.58. The van der Waals surface area contributed by atoms with Gasteiger partial charge in [0.05, 0.1) is 17.9 Å². The molecule has 2 aliphatic rings. The van der Waals surface area contributed by atoms with Crippen LogP contribution >= 0.6 is 0 Å². The summed E-state index contributed by atoms with van der Waals surface area (Å²) in [4.78, 5) is 7.07. The van der Waals surface area contributed by atoms with Crippen LogP contribution < -0.4 is 5.32 Å². The molecule has 1 N–H and O–H groups in total. The van der Waals surface area contributed by atoms with Gasteiger partial charge in [-0.2, -0.15) is 0 Å². The molecule has 0 bridgehead atoms. The lowest BCUT2D eigenvalue weighted by atomic mass is 10.1. The Morgan fingerprint density at radius 2 is 2.29 bits per heavy atom. The monoisotopic (exact) mass is 192 g/mol. The van der Waals surface area contributed by atoms with Crippen LogP contribution in [-0.4, -0.2) is 34.6 Å². The van der Waals surface area contributed by atoms with Gasteiger partial charge in [-0.3, -0.25) is 0 Å². The molecule has 3 heterocycles. The maximum Gasteiger partial charge on any atom is 0.123 e. The van der Waals surface area contributed by atoms with Crippen LogP contribution in [0.25, 0.3) is 0 Å². The molecule has 14 heavy (non-hydrogen) atoms. The minimum Gasteiger partial charge on any atom is -0.328 e. The molecule has 0 spiro atoms. The fraction of sp³-hybridized carbons (Fsp3) is 0.700. The van der Waals surface area contributed by atoms with Crippen molar-refractivity contribution in [3.63, 3.8) is 0 Å². The smallest absolute Gasteiger partial charge is 0.123 e. The lowest BCUT2D eigenvalue weighted by Gasteiger charge is -2.24. The van der Waals surface area contributed by atoms with Gasteiger partial charge < -0.3 is 14.8 Å². The molecule has 0 fully saturated rings. The molecule has 1 aromatic heterocycles. The third-order valence-corrected chi connectivity index (χ3v) is 3.18. The Hall–Kier alpha value is -0.870. The number of likely N-dealkylation sites (N-methyl/N-ethyl adjacent to an activating group) is 1. The van der Waals surface area contributed by atoms with Crippen LogP contribution in [0.2, 0.25) is 0 Å². The highest BCUT2D eigenvalue weighted by atomic mass is 15.2. The van der Waals surface area contributed by atoms with Crippen molar-refractivity contribution in [2.75, 3.05) is 20.1 Å². The molecule has 0 amide bonds. The highest BCUT2D eigenvalue weighted by molar-refractivity contribution is 5.21. The van der Waals surface area contributed by atoms with E-state index in [1.807, 2.05) is 0 Å². The van der Waals surface area contributed by atoms with Gasteiger partial charge in [0.15, 0.2) is 0 Å². The molecular weight excluding hydrogens is 176 g/mol. The number of imidazole rings is 1. The predicted molar refractivity (Wildman–Crippen MR) is 54.0 cm³/mol. The Labute approximate surface area is 83.9 Å². The van der Waals surface area contributed by atoms with E-state index in [0.29, 0.717) is 0 Å². The summed E-state index contributed by atoms with van der Waals surface area (Å²) in [6, 6.07) is 0. The van der Waals surface area contributed by atoms with E-state index < -0.39 is 0 Å². The van der Waals surface area contributed by atoms with Crippen molar-refractivity contribution in [3.05, 3.63) is 17.2 Å². The molecule has 0 saturated carbocycles. The highest BCUT2D eigenvalue weighted by Crippen LogP contribution is 2.20. The molecule has 0 saturated heterocycles. The summed E-state index contributed by atoms with van der Waals surface area (Å²) in [5.41, 5.74) is 2.79. The van der Waals surface area contributed by atoms with Crippen LogP contribution in [0.3, 0.4) is 0 Å². The first kappa shape index (κ1) is 8.44. The predicted octanol–water partition coefficient (Wildman–Crippen LogP) is -0.0258. The van der Waals surface area contributed by atoms with Crippen LogP contribution in [0, 0.1) is 0 Å². The number of hydrogen-bond acceptors (Lipinski definition) is 3. The van der Waals surface area contributed by atoms with Gasteiger partial charge in [0.25, 0.3) is 0 Å². The zero-order chi connectivity index (χ0) is 9.54. The second-order valence-electron chi connectivity index (χ2n) is 4.24. The SMILES string of the molecule is CN1CCc2nc3n(c2C1)CCNC3. The summed E-state index contributed by atoms with van der Waals surface area (Å²) < 4.78 is 2.40. The Bertz CT molecular complexity index is 355. The Kier molecular flexibility index (Phi) is 1.85. The molecule has 76 valence electrons. The molecule has 3 rings (SSSR count). The fourth-order valence-electron chi connectivity index (χ4n) is 2.39. The fourth-order valence-corrected chi connectivity index (χ4v) is 2.39. The second-order valence-corrected chi connectivity index (χ2v) is 4.24.